The molecule has 2 aliphatic rings. The minimum Gasteiger partial charge on any atom is -0.379 e. The topological polar surface area (TPSA) is 109 Å². The van der Waals surface area contributed by atoms with Crippen LogP contribution in [-0.2, 0) is 16.3 Å². The lowest BCUT2D eigenvalue weighted by Gasteiger charge is -2.41. The molecule has 210 valence electrons. The lowest BCUT2D eigenvalue weighted by Crippen LogP contribution is -2.47. The number of carbonyl (C=O) groups is 1. The molecule has 1 aliphatic heterocycles. The zero-order valence-corrected chi connectivity index (χ0v) is 21.7. The first-order valence-corrected chi connectivity index (χ1v) is 12.9. The first kappa shape index (κ1) is 27.7. The van der Waals surface area contributed by atoms with Crippen molar-refractivity contribution in [1.82, 2.24) is 24.6 Å². The van der Waals surface area contributed by atoms with Gasteiger partial charge >= 0.3 is 6.18 Å². The number of anilines is 1. The van der Waals surface area contributed by atoms with E-state index < -0.39 is 34.7 Å². The van der Waals surface area contributed by atoms with Gasteiger partial charge in [-0.3, -0.25) is 14.7 Å². The molecule has 0 spiro atoms. The van der Waals surface area contributed by atoms with E-state index >= 15 is 0 Å². The lowest BCUT2D eigenvalue weighted by molar-refractivity contribution is -0.138. The number of ether oxygens (including phenoxy) is 1. The van der Waals surface area contributed by atoms with E-state index in [0.717, 1.165) is 43.8 Å². The molecule has 5 rings (SSSR count). The number of amides is 1. The van der Waals surface area contributed by atoms with Gasteiger partial charge in [0.25, 0.3) is 5.91 Å². The molecule has 13 heteroatoms. The van der Waals surface area contributed by atoms with Gasteiger partial charge in [-0.2, -0.15) is 23.5 Å². The summed E-state index contributed by atoms with van der Waals surface area (Å²) < 4.78 is 59.4. The van der Waals surface area contributed by atoms with Gasteiger partial charge in [-0.25, -0.2) is 14.1 Å². The number of nitrogens with one attached hydrogen (secondary N) is 1. The van der Waals surface area contributed by atoms with Crippen LogP contribution in [0.2, 0.25) is 0 Å². The van der Waals surface area contributed by atoms with Crippen LogP contribution in [0, 0.1) is 24.1 Å². The Balaban J connectivity index is 1.26. The Morgan fingerprint density at radius 3 is 2.48 bits per heavy atom. The minimum atomic E-state index is -4.74. The number of halogens is 4. The summed E-state index contributed by atoms with van der Waals surface area (Å²) in [6, 6.07) is 6.66. The van der Waals surface area contributed by atoms with Crippen molar-refractivity contribution in [2.45, 2.75) is 50.2 Å². The molecule has 3 aromatic rings. The van der Waals surface area contributed by atoms with E-state index in [1.807, 2.05) is 0 Å². The number of morpholine rings is 1. The molecule has 4 heterocycles. The van der Waals surface area contributed by atoms with E-state index in [9.17, 15) is 27.6 Å². The van der Waals surface area contributed by atoms with Crippen molar-refractivity contribution in [3.63, 3.8) is 0 Å². The van der Waals surface area contributed by atoms with Crippen LogP contribution in [0.3, 0.4) is 0 Å². The smallest absolute Gasteiger partial charge is 0.379 e. The number of nitriles is 1. The average Bonchev–Trinajstić information content (AvgIpc) is 3.34. The summed E-state index contributed by atoms with van der Waals surface area (Å²) in [7, 11) is 0. The molecular formula is C27H27F4N7O2. The number of pyridine rings is 2. The largest absolute Gasteiger partial charge is 0.417 e. The van der Waals surface area contributed by atoms with Crippen molar-refractivity contribution in [2.24, 2.45) is 0 Å². The van der Waals surface area contributed by atoms with Crippen LogP contribution in [0.5, 0.6) is 0 Å². The van der Waals surface area contributed by atoms with Crippen molar-refractivity contribution < 1.29 is 27.1 Å². The fourth-order valence-electron chi connectivity index (χ4n) is 5.37. The zero-order valence-electron chi connectivity index (χ0n) is 21.7. The predicted molar refractivity (Wildman–Crippen MR) is 135 cm³/mol. The molecule has 1 amide bonds. The summed E-state index contributed by atoms with van der Waals surface area (Å²) in [4.78, 5) is 23.4. The Morgan fingerprint density at radius 1 is 1.15 bits per heavy atom. The maximum absolute atomic E-state index is 14.4. The Bertz CT molecular complexity index is 1420. The number of rotatable bonds is 5. The first-order chi connectivity index (χ1) is 19.1. The van der Waals surface area contributed by atoms with Gasteiger partial charge in [0.2, 0.25) is 0 Å². The third kappa shape index (κ3) is 5.41. The number of alkyl halides is 3. The number of hydrogen-bond acceptors (Lipinski definition) is 7. The summed E-state index contributed by atoms with van der Waals surface area (Å²) in [6.07, 6.45) is 1.61. The number of aromatic nitrogens is 4. The van der Waals surface area contributed by atoms with Crippen LogP contribution in [0.4, 0.5) is 23.2 Å². The Labute approximate surface area is 227 Å². The highest BCUT2D eigenvalue weighted by atomic mass is 19.4. The average molecular weight is 558 g/mol. The maximum Gasteiger partial charge on any atom is 0.417 e. The van der Waals surface area contributed by atoms with Crippen molar-refractivity contribution in [3.05, 3.63) is 65.1 Å². The van der Waals surface area contributed by atoms with E-state index in [2.05, 4.69) is 31.4 Å². The monoisotopic (exact) mass is 557 g/mol. The number of hydrogen-bond donors (Lipinski definition) is 1. The van der Waals surface area contributed by atoms with Crippen LogP contribution in [-0.4, -0.2) is 62.9 Å². The Kier molecular flexibility index (Phi) is 7.57. The van der Waals surface area contributed by atoms with Gasteiger partial charge in [-0.1, -0.05) is 0 Å². The predicted octanol–water partition coefficient (Wildman–Crippen LogP) is 4.42. The summed E-state index contributed by atoms with van der Waals surface area (Å²) >= 11 is 0. The third-order valence-corrected chi connectivity index (χ3v) is 7.70. The number of carbonyl (C=O) groups excluding carboxylic acids is 1. The van der Waals surface area contributed by atoms with Crippen LogP contribution in [0.1, 0.15) is 53.0 Å². The molecule has 1 aliphatic carbocycles. The second-order valence-electron chi connectivity index (χ2n) is 10.0. The van der Waals surface area contributed by atoms with Crippen molar-refractivity contribution >= 4 is 11.6 Å². The van der Waals surface area contributed by atoms with Crippen LogP contribution in [0.25, 0.3) is 5.82 Å². The third-order valence-electron chi connectivity index (χ3n) is 7.70. The van der Waals surface area contributed by atoms with E-state index in [1.54, 1.807) is 12.1 Å². The molecule has 0 bridgehead atoms. The molecule has 1 saturated heterocycles. The quantitative estimate of drug-likeness (QED) is 0.463. The van der Waals surface area contributed by atoms with Gasteiger partial charge in [-0.15, -0.1) is 0 Å². The van der Waals surface area contributed by atoms with E-state index in [4.69, 9.17) is 4.74 Å². The standard InChI is InChI=1S/C27H27F4N7O2/c1-17-21(15-35-38(17)24-22(28)12-18(13-34-24)27(29,30)31)25(39)36-19-2-3-23(33-14-19)26(16-32)6-4-20(5-7-26)37-8-10-40-11-9-37/h2-3,12-15,20H,4-11H2,1H3,(H,36,39)/t20-,26-. The maximum atomic E-state index is 14.4. The molecule has 1 N–H and O–H groups in total. The number of nitrogens with zero attached hydrogens (tertiary/aromatic N) is 6. The normalized spacial score (nSPS) is 22.1. The highest BCUT2D eigenvalue weighted by Gasteiger charge is 2.40. The summed E-state index contributed by atoms with van der Waals surface area (Å²) in [6.45, 7) is 4.76. The van der Waals surface area contributed by atoms with Gasteiger partial charge in [0, 0.05) is 25.3 Å². The SMILES string of the molecule is Cc1c(C(=O)Nc2ccc([C@]3(C#N)CC[C@@H](N4CCOCC4)CC3)nc2)cnn1-c1ncc(C(F)(F)F)cc1F. The molecule has 1 saturated carbocycles. The highest BCUT2D eigenvalue weighted by Crippen LogP contribution is 2.40. The van der Waals surface area contributed by atoms with Crippen LogP contribution in [0.15, 0.2) is 36.8 Å². The van der Waals surface area contributed by atoms with Crippen molar-refractivity contribution in [2.75, 3.05) is 31.6 Å². The fourth-order valence-corrected chi connectivity index (χ4v) is 5.37. The molecule has 0 aromatic carbocycles. The van der Waals surface area contributed by atoms with Crippen LogP contribution >= 0.6 is 0 Å². The molecule has 40 heavy (non-hydrogen) atoms. The molecular weight excluding hydrogens is 530 g/mol. The zero-order chi connectivity index (χ0) is 28.5. The first-order valence-electron chi connectivity index (χ1n) is 12.9. The van der Waals surface area contributed by atoms with E-state index in [-0.39, 0.29) is 11.3 Å². The molecule has 0 atom stereocenters. The van der Waals surface area contributed by atoms with Gasteiger partial charge in [-0.05, 0) is 50.8 Å². The lowest BCUT2D eigenvalue weighted by atomic mass is 9.71. The molecule has 3 aromatic heterocycles. The van der Waals surface area contributed by atoms with Gasteiger partial charge in [0.05, 0.1) is 65.3 Å². The second kappa shape index (κ2) is 10.9. The summed E-state index contributed by atoms with van der Waals surface area (Å²) in [5, 5.41) is 16.7. The van der Waals surface area contributed by atoms with Crippen molar-refractivity contribution in [1.29, 1.82) is 5.26 Å². The Hall–Kier alpha value is -3.89. The molecule has 9 nitrogen and oxygen atoms in total. The minimum absolute atomic E-state index is 0.0834. The fraction of sp³-hybridized carbons (Fsp3) is 0.444. The summed E-state index contributed by atoms with van der Waals surface area (Å²) in [5.41, 5.74) is -0.609. The van der Waals surface area contributed by atoms with Crippen molar-refractivity contribution in [3.8, 4) is 11.9 Å². The Morgan fingerprint density at radius 2 is 1.88 bits per heavy atom. The summed E-state index contributed by atoms with van der Waals surface area (Å²) in [5.74, 6) is -2.24. The molecule has 0 unspecified atom stereocenters. The highest BCUT2D eigenvalue weighted by molar-refractivity contribution is 6.04. The van der Waals surface area contributed by atoms with Gasteiger partial charge in [0.1, 0.15) is 0 Å². The molecule has 0 radical (unpaired) electrons. The van der Waals surface area contributed by atoms with Gasteiger partial charge < -0.3 is 10.1 Å². The molecule has 2 fully saturated rings. The second-order valence-corrected chi connectivity index (χ2v) is 10.0. The van der Waals surface area contributed by atoms with E-state index in [0.29, 0.717) is 42.5 Å². The van der Waals surface area contributed by atoms with E-state index in [1.165, 1.54) is 19.3 Å². The van der Waals surface area contributed by atoms with Crippen LogP contribution < -0.4 is 5.32 Å². The van der Waals surface area contributed by atoms with Gasteiger partial charge in [0.15, 0.2) is 11.6 Å².